The molecule has 0 atom stereocenters. The Hall–Kier alpha value is -1.61. The van der Waals surface area contributed by atoms with Crippen LogP contribution in [0.4, 0.5) is 0 Å². The molecule has 0 saturated carbocycles. The molecule has 1 heterocycles. The fourth-order valence-corrected chi connectivity index (χ4v) is 1.86. The summed E-state index contributed by atoms with van der Waals surface area (Å²) in [6.07, 6.45) is 5.07. The average Bonchev–Trinajstić information content (AvgIpc) is 2.78. The second kappa shape index (κ2) is 5.15. The number of hydrogen-bond acceptors (Lipinski definition) is 2. The Morgan fingerprint density at radius 1 is 1.29 bits per heavy atom. The van der Waals surface area contributed by atoms with Crippen molar-refractivity contribution in [3.63, 3.8) is 0 Å². The lowest BCUT2D eigenvalue weighted by molar-refractivity contribution is 0.791. The summed E-state index contributed by atoms with van der Waals surface area (Å²) in [6.45, 7) is 5.20. The van der Waals surface area contributed by atoms with Crippen molar-refractivity contribution in [2.75, 3.05) is 13.6 Å². The third-order valence-corrected chi connectivity index (χ3v) is 2.91. The van der Waals surface area contributed by atoms with E-state index < -0.39 is 0 Å². The third kappa shape index (κ3) is 2.74. The van der Waals surface area contributed by atoms with Crippen LogP contribution in [-0.4, -0.2) is 23.4 Å². The van der Waals surface area contributed by atoms with Crippen LogP contribution >= 0.6 is 0 Å². The van der Waals surface area contributed by atoms with Gasteiger partial charge in [-0.15, -0.1) is 0 Å². The molecule has 17 heavy (non-hydrogen) atoms. The predicted octanol–water partition coefficient (Wildman–Crippen LogP) is 2.25. The Morgan fingerprint density at radius 2 is 2.12 bits per heavy atom. The van der Waals surface area contributed by atoms with Crippen LogP contribution in [-0.2, 0) is 6.42 Å². The van der Waals surface area contributed by atoms with E-state index in [4.69, 9.17) is 0 Å². The zero-order valence-electron chi connectivity index (χ0n) is 10.7. The van der Waals surface area contributed by atoms with E-state index in [0.717, 1.165) is 13.0 Å². The fourth-order valence-electron chi connectivity index (χ4n) is 1.86. The zero-order valence-corrected chi connectivity index (χ0v) is 10.7. The van der Waals surface area contributed by atoms with E-state index in [1.54, 1.807) is 0 Å². The SMILES string of the molecule is CNCCc1cnn(-c2cc(C)ccc2C)c1. The van der Waals surface area contributed by atoms with Crippen LogP contribution in [0.3, 0.4) is 0 Å². The van der Waals surface area contributed by atoms with Gasteiger partial charge in [0.2, 0.25) is 0 Å². The molecule has 0 amide bonds. The summed E-state index contributed by atoms with van der Waals surface area (Å²) in [4.78, 5) is 0. The van der Waals surface area contributed by atoms with Gasteiger partial charge in [-0.1, -0.05) is 12.1 Å². The van der Waals surface area contributed by atoms with Crippen molar-refractivity contribution in [3.05, 3.63) is 47.3 Å². The molecule has 3 nitrogen and oxygen atoms in total. The van der Waals surface area contributed by atoms with E-state index in [1.165, 1.54) is 22.4 Å². The number of benzene rings is 1. The van der Waals surface area contributed by atoms with Gasteiger partial charge in [-0.2, -0.15) is 5.10 Å². The Balaban J connectivity index is 2.27. The number of aromatic nitrogens is 2. The maximum absolute atomic E-state index is 4.43. The summed E-state index contributed by atoms with van der Waals surface area (Å²) in [5.74, 6) is 0. The van der Waals surface area contributed by atoms with Gasteiger partial charge in [-0.05, 0) is 56.6 Å². The van der Waals surface area contributed by atoms with Gasteiger partial charge >= 0.3 is 0 Å². The summed E-state index contributed by atoms with van der Waals surface area (Å²) in [5, 5.41) is 7.58. The molecule has 2 aromatic rings. The average molecular weight is 229 g/mol. The zero-order chi connectivity index (χ0) is 12.3. The number of likely N-dealkylation sites (N-methyl/N-ethyl adjacent to an activating group) is 1. The Morgan fingerprint density at radius 3 is 2.88 bits per heavy atom. The van der Waals surface area contributed by atoms with Gasteiger partial charge in [0.25, 0.3) is 0 Å². The normalized spacial score (nSPS) is 10.8. The summed E-state index contributed by atoms with van der Waals surface area (Å²) >= 11 is 0. The van der Waals surface area contributed by atoms with Gasteiger partial charge in [0.1, 0.15) is 0 Å². The maximum atomic E-state index is 4.43. The minimum absolute atomic E-state index is 0.985. The van der Waals surface area contributed by atoms with Crippen molar-refractivity contribution in [1.29, 1.82) is 0 Å². The molecule has 0 spiro atoms. The molecular formula is C14H19N3. The number of aryl methyl sites for hydroxylation is 2. The molecule has 1 aromatic heterocycles. The van der Waals surface area contributed by atoms with Crippen molar-refractivity contribution in [2.45, 2.75) is 20.3 Å². The molecule has 3 heteroatoms. The first-order valence-corrected chi connectivity index (χ1v) is 5.96. The lowest BCUT2D eigenvalue weighted by Gasteiger charge is -2.06. The fraction of sp³-hybridized carbons (Fsp3) is 0.357. The number of nitrogens with zero attached hydrogens (tertiary/aromatic N) is 2. The van der Waals surface area contributed by atoms with E-state index in [0.29, 0.717) is 0 Å². The molecule has 0 aliphatic carbocycles. The Bertz CT molecular complexity index is 500. The first-order valence-electron chi connectivity index (χ1n) is 5.96. The molecule has 2 rings (SSSR count). The first-order chi connectivity index (χ1) is 8.20. The third-order valence-electron chi connectivity index (χ3n) is 2.91. The number of hydrogen-bond donors (Lipinski definition) is 1. The Labute approximate surface area is 102 Å². The van der Waals surface area contributed by atoms with Gasteiger partial charge in [-0.3, -0.25) is 0 Å². The number of nitrogens with one attached hydrogen (secondary N) is 1. The van der Waals surface area contributed by atoms with Crippen molar-refractivity contribution in [2.24, 2.45) is 0 Å². The van der Waals surface area contributed by atoms with E-state index in [1.807, 2.05) is 17.9 Å². The van der Waals surface area contributed by atoms with Crippen LogP contribution in [0.1, 0.15) is 16.7 Å². The van der Waals surface area contributed by atoms with Crippen molar-refractivity contribution < 1.29 is 0 Å². The van der Waals surface area contributed by atoms with Crippen molar-refractivity contribution >= 4 is 0 Å². The minimum atomic E-state index is 0.985. The highest BCUT2D eigenvalue weighted by atomic mass is 15.3. The largest absolute Gasteiger partial charge is 0.319 e. The molecule has 0 fully saturated rings. The summed E-state index contributed by atoms with van der Waals surface area (Å²) in [6, 6.07) is 6.44. The summed E-state index contributed by atoms with van der Waals surface area (Å²) in [7, 11) is 1.97. The van der Waals surface area contributed by atoms with Gasteiger partial charge in [0.05, 0.1) is 11.9 Å². The van der Waals surface area contributed by atoms with E-state index in [9.17, 15) is 0 Å². The molecule has 0 saturated heterocycles. The van der Waals surface area contributed by atoms with E-state index in [-0.39, 0.29) is 0 Å². The highest BCUT2D eigenvalue weighted by Gasteiger charge is 2.04. The van der Waals surface area contributed by atoms with Gasteiger partial charge in [0, 0.05) is 6.20 Å². The molecule has 0 aliphatic rings. The molecule has 0 aliphatic heterocycles. The molecule has 0 bridgehead atoms. The van der Waals surface area contributed by atoms with Gasteiger partial charge in [0.15, 0.2) is 0 Å². The van der Waals surface area contributed by atoms with Crippen LogP contribution in [0.15, 0.2) is 30.6 Å². The van der Waals surface area contributed by atoms with Gasteiger partial charge < -0.3 is 5.32 Å². The summed E-state index contributed by atoms with van der Waals surface area (Å²) < 4.78 is 1.97. The summed E-state index contributed by atoms with van der Waals surface area (Å²) in [5.41, 5.74) is 4.94. The maximum Gasteiger partial charge on any atom is 0.0677 e. The molecule has 0 radical (unpaired) electrons. The van der Waals surface area contributed by atoms with E-state index >= 15 is 0 Å². The van der Waals surface area contributed by atoms with Crippen LogP contribution < -0.4 is 5.32 Å². The van der Waals surface area contributed by atoms with Crippen LogP contribution in [0.5, 0.6) is 0 Å². The van der Waals surface area contributed by atoms with E-state index in [2.05, 4.69) is 48.7 Å². The topological polar surface area (TPSA) is 29.9 Å². The lowest BCUT2D eigenvalue weighted by atomic mass is 10.1. The molecule has 1 aromatic carbocycles. The molecule has 0 unspecified atom stereocenters. The molecule has 90 valence electrons. The smallest absolute Gasteiger partial charge is 0.0677 e. The first kappa shape index (κ1) is 11.9. The number of rotatable bonds is 4. The minimum Gasteiger partial charge on any atom is -0.319 e. The highest BCUT2D eigenvalue weighted by Crippen LogP contribution is 2.15. The van der Waals surface area contributed by atoms with Crippen LogP contribution in [0.2, 0.25) is 0 Å². The predicted molar refractivity (Wildman–Crippen MR) is 70.7 cm³/mol. The van der Waals surface area contributed by atoms with Crippen molar-refractivity contribution in [3.8, 4) is 5.69 Å². The second-order valence-corrected chi connectivity index (χ2v) is 4.44. The monoisotopic (exact) mass is 229 g/mol. The lowest BCUT2D eigenvalue weighted by Crippen LogP contribution is -2.09. The molecule has 1 N–H and O–H groups in total. The standard InChI is InChI=1S/C14H19N3/c1-11-4-5-12(2)14(8-11)17-10-13(9-16-17)6-7-15-3/h4-5,8-10,15H,6-7H2,1-3H3. The second-order valence-electron chi connectivity index (χ2n) is 4.44. The highest BCUT2D eigenvalue weighted by molar-refractivity contribution is 5.42. The quantitative estimate of drug-likeness (QED) is 0.871. The van der Waals surface area contributed by atoms with Gasteiger partial charge in [-0.25, -0.2) is 4.68 Å². The Kier molecular flexibility index (Phi) is 3.59. The van der Waals surface area contributed by atoms with Crippen molar-refractivity contribution in [1.82, 2.24) is 15.1 Å². The van der Waals surface area contributed by atoms with Crippen LogP contribution in [0, 0.1) is 13.8 Å². The van der Waals surface area contributed by atoms with Crippen LogP contribution in [0.25, 0.3) is 5.69 Å². The molecular weight excluding hydrogens is 210 g/mol.